The van der Waals surface area contributed by atoms with E-state index in [2.05, 4.69) is 0 Å². The molecule has 0 aromatic carbocycles. The molecule has 0 aromatic heterocycles. The molecule has 6 heteroatoms. The maximum atomic E-state index is 0. The molecule has 0 aliphatic heterocycles. The normalized spacial score (nSPS) is 0. The van der Waals surface area contributed by atoms with Crippen LogP contribution in [-0.4, -0.2) is 19.4 Å². The van der Waals surface area contributed by atoms with Gasteiger partial charge in [0.05, 0.1) is 8.41 Å². The minimum Gasteiger partial charge on any atom is -0.0149 e. The molecule has 0 atom stereocenters. The van der Waals surface area contributed by atoms with E-state index in [0.717, 1.165) is 0 Å². The zero-order valence-corrected chi connectivity index (χ0v) is 7.03. The fourth-order valence-electron chi connectivity index (χ4n) is 0. The summed E-state index contributed by atoms with van der Waals surface area (Å²) in [6.07, 6.45) is 0. The summed E-state index contributed by atoms with van der Waals surface area (Å²) >= 11 is 0. The van der Waals surface area contributed by atoms with Crippen molar-refractivity contribution in [3.05, 3.63) is 0 Å². The molecule has 0 N–H and O–H groups in total. The van der Waals surface area contributed by atoms with Gasteiger partial charge in [0, 0.05) is 73.9 Å². The number of hydrogen-bond acceptors (Lipinski definition) is 0. The summed E-state index contributed by atoms with van der Waals surface area (Å²) in [6, 6.07) is 0. The first kappa shape index (κ1) is 73.7. The van der Waals surface area contributed by atoms with Crippen LogP contribution < -0.4 is 0 Å². The number of rotatable bonds is 0. The fraction of sp³-hybridized carbons (Fsp3) is 0. The van der Waals surface area contributed by atoms with Crippen LogP contribution in [0.15, 0.2) is 0 Å². The predicted molar refractivity (Wildman–Crippen MR) is 21.3 cm³/mol. The van der Waals surface area contributed by atoms with Crippen LogP contribution in [0.4, 0.5) is 0 Å². The van der Waals surface area contributed by atoms with Crippen molar-refractivity contribution in [3.63, 3.8) is 0 Å². The summed E-state index contributed by atoms with van der Waals surface area (Å²) in [5.74, 6) is 0. The second-order valence-corrected chi connectivity index (χ2v) is 0. The molecule has 0 aromatic rings. The molecule has 0 nitrogen and oxygen atoms in total. The van der Waals surface area contributed by atoms with Crippen molar-refractivity contribution in [1.29, 1.82) is 0 Å². The average Bonchev–Trinajstić information content (AvgIpc) is 0. The maximum Gasteiger partial charge on any atom is 0.0814 e. The Morgan fingerprint density at radius 1 is 1.00 bits per heavy atom. The van der Waals surface area contributed by atoms with E-state index >= 15 is 0 Å². The van der Waals surface area contributed by atoms with Gasteiger partial charge in [0.15, 0.2) is 0 Å². The van der Waals surface area contributed by atoms with Gasteiger partial charge in [-0.25, -0.2) is 0 Å². The second kappa shape index (κ2) is 49.1. The van der Waals surface area contributed by atoms with Gasteiger partial charge in [0.2, 0.25) is 0 Å². The van der Waals surface area contributed by atoms with E-state index in [1.54, 1.807) is 0 Å². The summed E-state index contributed by atoms with van der Waals surface area (Å²) in [5.41, 5.74) is 0. The molecule has 0 aliphatic carbocycles. The Morgan fingerprint density at radius 2 is 1.00 bits per heavy atom. The van der Waals surface area contributed by atoms with E-state index in [-0.39, 0.29) is 93.3 Å². The minimum atomic E-state index is 0. The van der Waals surface area contributed by atoms with Gasteiger partial charge in [-0.15, -0.1) is 0 Å². The molecule has 0 rings (SSSR count). The Bertz CT molecular complexity index is 15.5. The first-order chi connectivity index (χ1) is 0. The second-order valence-electron chi connectivity index (χ2n) is 0. The Labute approximate surface area is 92.2 Å². The molecule has 0 spiro atoms. The topological polar surface area (TPSA) is 0 Å². The van der Waals surface area contributed by atoms with Gasteiger partial charge in [-0.1, -0.05) is 0 Å². The maximum absolute atomic E-state index is 0. The zero-order chi connectivity index (χ0) is 0. The first-order valence-corrected chi connectivity index (χ1v) is 0. The van der Waals surface area contributed by atoms with Crippen molar-refractivity contribution in [2.24, 2.45) is 0 Å². The van der Waals surface area contributed by atoms with E-state index in [9.17, 15) is 0 Å². The number of hydrogen-bond donors (Lipinski definition) is 0. The quantitative estimate of drug-likeness (QED) is 0.429. The third kappa shape index (κ3) is 30.7. The molecule has 0 heterocycles. The van der Waals surface area contributed by atoms with Gasteiger partial charge in [0.25, 0.3) is 0 Å². The van der Waals surface area contributed by atoms with Crippen LogP contribution in [0, 0.1) is 0 Å². The molecular formula is H7BCrCuFeNbSi. The Morgan fingerprint density at radius 3 is 1.00 bits per heavy atom. The summed E-state index contributed by atoms with van der Waals surface area (Å²) in [4.78, 5) is 0. The third-order valence-corrected chi connectivity index (χ3v) is 0. The summed E-state index contributed by atoms with van der Waals surface area (Å²) in [6.45, 7) is 0. The predicted octanol–water partition coefficient (Wildman–Crippen LogP) is -2.65. The van der Waals surface area contributed by atoms with E-state index < -0.39 is 0 Å². The first-order valence-electron chi connectivity index (χ1n) is 0. The summed E-state index contributed by atoms with van der Waals surface area (Å²) in [7, 11) is 0. The fourth-order valence-corrected chi connectivity index (χ4v) is 0. The monoisotopic (exact) mass is 310 g/mol. The van der Waals surface area contributed by atoms with Gasteiger partial charge in [0.1, 0.15) is 0 Å². The summed E-state index contributed by atoms with van der Waals surface area (Å²) < 4.78 is 0. The molecule has 2 radical (unpaired) electrons. The zero-order valence-electron chi connectivity index (χ0n) is 1.51. The third-order valence-electron chi connectivity index (χ3n) is 0. The van der Waals surface area contributed by atoms with Crippen LogP contribution >= 0.6 is 0 Å². The standard InChI is InChI=1S/BH3.Cr.Cu.Fe.Nb.H4Si/h1H3;;;;;1H4. The van der Waals surface area contributed by atoms with Crippen LogP contribution in [0.25, 0.3) is 0 Å². The van der Waals surface area contributed by atoms with Crippen molar-refractivity contribution < 1.29 is 73.9 Å². The molecule has 6 heavy (non-hydrogen) atoms. The molecule has 0 bridgehead atoms. The van der Waals surface area contributed by atoms with Crippen LogP contribution in [0.2, 0.25) is 0 Å². The van der Waals surface area contributed by atoms with Crippen molar-refractivity contribution in [2.45, 2.75) is 0 Å². The molecular weight excluding hydrogens is 303 g/mol. The van der Waals surface area contributed by atoms with Gasteiger partial charge in [-0.2, -0.15) is 0 Å². The van der Waals surface area contributed by atoms with Crippen molar-refractivity contribution in [2.75, 3.05) is 0 Å². The molecule has 0 fully saturated rings. The van der Waals surface area contributed by atoms with E-state index in [0.29, 0.717) is 0 Å². The van der Waals surface area contributed by atoms with Gasteiger partial charge in [-0.3, -0.25) is 0 Å². The molecule has 0 saturated carbocycles. The van der Waals surface area contributed by atoms with Crippen molar-refractivity contribution in [1.82, 2.24) is 0 Å². The smallest absolute Gasteiger partial charge is 0.0149 e. The molecule has 44 valence electrons. The van der Waals surface area contributed by atoms with Crippen LogP contribution in [0.1, 0.15) is 0 Å². The molecule has 0 saturated heterocycles. The van der Waals surface area contributed by atoms with Gasteiger partial charge < -0.3 is 0 Å². The Kier molecular flexibility index (Phi) is 603. The van der Waals surface area contributed by atoms with E-state index in [4.69, 9.17) is 0 Å². The molecule has 0 aliphatic rings. The van der Waals surface area contributed by atoms with Crippen LogP contribution in [0.3, 0.4) is 0 Å². The van der Waals surface area contributed by atoms with Crippen LogP contribution in [-0.2, 0) is 73.9 Å². The van der Waals surface area contributed by atoms with Gasteiger partial charge >= 0.3 is 0 Å². The van der Waals surface area contributed by atoms with E-state index in [1.165, 1.54) is 0 Å². The Hall–Kier alpha value is 2.59. The molecule has 0 unspecified atom stereocenters. The summed E-state index contributed by atoms with van der Waals surface area (Å²) in [5, 5.41) is 0. The van der Waals surface area contributed by atoms with Crippen molar-refractivity contribution in [3.8, 4) is 0 Å². The van der Waals surface area contributed by atoms with Crippen LogP contribution in [0.5, 0.6) is 0 Å². The van der Waals surface area contributed by atoms with Crippen molar-refractivity contribution >= 4 is 19.4 Å². The Balaban J connectivity index is 0. The SMILES string of the molecule is B.[Cr].[Cu].[Fe].[Nb].[SiH4]. The van der Waals surface area contributed by atoms with Gasteiger partial charge in [-0.05, 0) is 11.0 Å². The minimum absolute atomic E-state index is 0. The average molecular weight is 310 g/mol. The molecule has 0 amide bonds. The largest absolute Gasteiger partial charge is 0.0814 e. The van der Waals surface area contributed by atoms with E-state index in [1.807, 2.05) is 0 Å².